The third-order valence-electron chi connectivity index (χ3n) is 4.76. The number of hydrogen-bond acceptors (Lipinski definition) is 5. The Morgan fingerprint density at radius 3 is 2.29 bits per heavy atom. The van der Waals surface area contributed by atoms with Crippen LogP contribution in [0.4, 0.5) is 10.2 Å². The molecule has 0 unspecified atom stereocenters. The molecule has 4 rings (SSSR count). The lowest BCUT2D eigenvalue weighted by atomic mass is 9.93. The number of benzene rings is 1. The van der Waals surface area contributed by atoms with Crippen molar-refractivity contribution in [3.63, 3.8) is 0 Å². The number of hydrogen-bond donors (Lipinski definition) is 0. The summed E-state index contributed by atoms with van der Waals surface area (Å²) in [6.45, 7) is 0. The average molecular weight is 403 g/mol. The van der Waals surface area contributed by atoms with Gasteiger partial charge in [0.2, 0.25) is 5.88 Å². The summed E-state index contributed by atoms with van der Waals surface area (Å²) < 4.78 is 25.5. The van der Waals surface area contributed by atoms with Crippen LogP contribution >= 0.6 is 11.6 Å². The molecule has 28 heavy (non-hydrogen) atoms. The van der Waals surface area contributed by atoms with Gasteiger partial charge in [-0.2, -0.15) is 4.98 Å². The summed E-state index contributed by atoms with van der Waals surface area (Å²) >= 11 is 6.08. The van der Waals surface area contributed by atoms with Crippen molar-refractivity contribution >= 4 is 29.2 Å². The lowest BCUT2D eigenvalue weighted by Gasteiger charge is -2.17. The molecule has 6 nitrogen and oxygen atoms in total. The number of aromatic nitrogens is 1. The highest BCUT2D eigenvalue weighted by atomic mass is 35.5. The van der Waals surface area contributed by atoms with E-state index in [1.165, 1.54) is 7.11 Å². The standard InChI is InChI=1S/C20H16ClFN2O4/c1-27-15-8-4-5-9-16(15)28-18-13(21)10-14(22)17(23-18)24-19(25)11-6-2-3-7-12(11)20(24)26/h4-5,8-10H,2-3,6-7H2,1H3. The number of imide groups is 1. The molecule has 1 aliphatic heterocycles. The molecule has 8 heteroatoms. The Morgan fingerprint density at radius 2 is 1.68 bits per heavy atom. The van der Waals surface area contributed by atoms with Gasteiger partial charge < -0.3 is 9.47 Å². The maximum absolute atomic E-state index is 14.6. The predicted molar refractivity (Wildman–Crippen MR) is 100 cm³/mol. The van der Waals surface area contributed by atoms with Gasteiger partial charge in [-0.05, 0) is 37.8 Å². The molecule has 0 atom stereocenters. The Balaban J connectivity index is 1.72. The molecule has 2 heterocycles. The molecule has 1 aromatic heterocycles. The number of pyridine rings is 1. The number of halogens is 2. The highest BCUT2D eigenvalue weighted by molar-refractivity contribution is 6.33. The zero-order valence-corrected chi connectivity index (χ0v) is 15.8. The summed E-state index contributed by atoms with van der Waals surface area (Å²) in [7, 11) is 1.48. The van der Waals surface area contributed by atoms with Crippen LogP contribution in [-0.2, 0) is 9.59 Å². The molecule has 2 amide bonds. The van der Waals surface area contributed by atoms with E-state index >= 15 is 0 Å². The molecular weight excluding hydrogens is 387 g/mol. The second-order valence-corrected chi connectivity index (χ2v) is 6.85. The quantitative estimate of drug-likeness (QED) is 0.708. The van der Waals surface area contributed by atoms with E-state index in [4.69, 9.17) is 21.1 Å². The van der Waals surface area contributed by atoms with Crippen LogP contribution in [0.15, 0.2) is 41.5 Å². The van der Waals surface area contributed by atoms with Gasteiger partial charge in [-0.3, -0.25) is 9.59 Å². The van der Waals surface area contributed by atoms with Crippen LogP contribution in [0.3, 0.4) is 0 Å². The number of para-hydroxylation sites is 2. The Labute approximate surface area is 165 Å². The molecule has 144 valence electrons. The Morgan fingerprint density at radius 1 is 1.07 bits per heavy atom. The zero-order valence-electron chi connectivity index (χ0n) is 15.0. The Hall–Kier alpha value is -2.93. The number of ether oxygens (including phenoxy) is 2. The maximum Gasteiger partial charge on any atom is 0.263 e. The van der Waals surface area contributed by atoms with Crippen LogP contribution in [0, 0.1) is 5.82 Å². The number of methoxy groups -OCH3 is 1. The van der Waals surface area contributed by atoms with Gasteiger partial charge in [0.1, 0.15) is 5.02 Å². The van der Waals surface area contributed by atoms with E-state index in [9.17, 15) is 14.0 Å². The largest absolute Gasteiger partial charge is 0.493 e. The Bertz CT molecular complexity index is 993. The lowest BCUT2D eigenvalue weighted by molar-refractivity contribution is -0.120. The van der Waals surface area contributed by atoms with Gasteiger partial charge in [0.05, 0.1) is 7.11 Å². The molecule has 0 spiro atoms. The number of amides is 2. The third kappa shape index (κ3) is 3.01. The molecular formula is C20H16ClFN2O4. The van der Waals surface area contributed by atoms with Crippen molar-refractivity contribution in [3.8, 4) is 17.4 Å². The first-order valence-corrected chi connectivity index (χ1v) is 9.16. The van der Waals surface area contributed by atoms with Gasteiger partial charge in [-0.1, -0.05) is 23.7 Å². The minimum Gasteiger partial charge on any atom is -0.493 e. The van der Waals surface area contributed by atoms with Crippen LogP contribution in [-0.4, -0.2) is 23.9 Å². The highest BCUT2D eigenvalue weighted by Crippen LogP contribution is 2.39. The van der Waals surface area contributed by atoms with Gasteiger partial charge >= 0.3 is 0 Å². The number of carbonyl (C=O) groups excluding carboxylic acids is 2. The molecule has 0 saturated carbocycles. The van der Waals surface area contributed by atoms with Crippen molar-refractivity contribution in [2.24, 2.45) is 0 Å². The summed E-state index contributed by atoms with van der Waals surface area (Å²) in [5, 5.41) is -0.0935. The van der Waals surface area contributed by atoms with Crippen LogP contribution < -0.4 is 14.4 Å². The summed E-state index contributed by atoms with van der Waals surface area (Å²) in [6, 6.07) is 7.77. The summed E-state index contributed by atoms with van der Waals surface area (Å²) in [5.74, 6) is -1.75. The average Bonchev–Trinajstić information content (AvgIpc) is 2.95. The van der Waals surface area contributed by atoms with Crippen LogP contribution in [0.1, 0.15) is 25.7 Å². The first-order chi connectivity index (χ1) is 13.5. The molecule has 2 aromatic rings. The van der Waals surface area contributed by atoms with Crippen LogP contribution in [0.5, 0.6) is 17.4 Å². The predicted octanol–water partition coefficient (Wildman–Crippen LogP) is 4.42. The van der Waals surface area contributed by atoms with E-state index < -0.39 is 23.4 Å². The van der Waals surface area contributed by atoms with Gasteiger partial charge in [-0.15, -0.1) is 0 Å². The second kappa shape index (κ2) is 7.24. The highest BCUT2D eigenvalue weighted by Gasteiger charge is 2.42. The third-order valence-corrected chi connectivity index (χ3v) is 5.03. The molecule has 0 N–H and O–H groups in total. The molecule has 0 bridgehead atoms. The number of nitrogens with zero attached hydrogens (tertiary/aromatic N) is 2. The fraction of sp³-hybridized carbons (Fsp3) is 0.250. The first-order valence-electron chi connectivity index (χ1n) is 8.79. The van der Waals surface area contributed by atoms with Gasteiger partial charge in [0.15, 0.2) is 23.1 Å². The fourth-order valence-electron chi connectivity index (χ4n) is 3.41. The van der Waals surface area contributed by atoms with Gasteiger partial charge in [0, 0.05) is 17.2 Å². The molecule has 0 radical (unpaired) electrons. The van der Waals surface area contributed by atoms with Crippen molar-refractivity contribution in [2.75, 3.05) is 12.0 Å². The molecule has 1 aromatic carbocycles. The number of rotatable bonds is 4. The van der Waals surface area contributed by atoms with Gasteiger partial charge in [0.25, 0.3) is 11.8 Å². The van der Waals surface area contributed by atoms with E-state index in [-0.39, 0.29) is 10.9 Å². The van der Waals surface area contributed by atoms with E-state index in [0.29, 0.717) is 35.5 Å². The molecule has 1 aliphatic carbocycles. The van der Waals surface area contributed by atoms with E-state index in [0.717, 1.165) is 23.8 Å². The first kappa shape index (κ1) is 18.4. The van der Waals surface area contributed by atoms with Crippen LogP contribution in [0.2, 0.25) is 5.02 Å². The smallest absolute Gasteiger partial charge is 0.263 e. The van der Waals surface area contributed by atoms with Crippen molar-refractivity contribution in [2.45, 2.75) is 25.7 Å². The normalized spacial score (nSPS) is 16.5. The van der Waals surface area contributed by atoms with Crippen LogP contribution in [0.25, 0.3) is 0 Å². The minimum absolute atomic E-state index is 0.0935. The lowest BCUT2D eigenvalue weighted by Crippen LogP contribution is -2.33. The molecule has 0 saturated heterocycles. The second-order valence-electron chi connectivity index (χ2n) is 6.44. The molecule has 2 aliphatic rings. The fourth-order valence-corrected chi connectivity index (χ4v) is 3.58. The van der Waals surface area contributed by atoms with E-state index in [2.05, 4.69) is 4.98 Å². The SMILES string of the molecule is COc1ccccc1Oc1nc(N2C(=O)C3=C(CCCC3)C2=O)c(F)cc1Cl. The van der Waals surface area contributed by atoms with Gasteiger partial charge in [-0.25, -0.2) is 9.29 Å². The summed E-state index contributed by atoms with van der Waals surface area (Å²) in [4.78, 5) is 30.2. The monoisotopic (exact) mass is 402 g/mol. The topological polar surface area (TPSA) is 68.7 Å². The van der Waals surface area contributed by atoms with Crippen molar-refractivity contribution < 1.29 is 23.5 Å². The molecule has 0 fully saturated rings. The summed E-state index contributed by atoms with van der Waals surface area (Å²) in [6.07, 6.45) is 2.67. The number of anilines is 1. The Kier molecular flexibility index (Phi) is 4.77. The maximum atomic E-state index is 14.6. The van der Waals surface area contributed by atoms with Crippen molar-refractivity contribution in [3.05, 3.63) is 52.3 Å². The van der Waals surface area contributed by atoms with E-state index in [1.807, 2.05) is 0 Å². The number of carbonyl (C=O) groups is 2. The summed E-state index contributed by atoms with van der Waals surface area (Å²) in [5.41, 5.74) is 0.888. The minimum atomic E-state index is -0.876. The van der Waals surface area contributed by atoms with Crippen molar-refractivity contribution in [1.29, 1.82) is 0 Å². The zero-order chi connectivity index (χ0) is 19.8. The van der Waals surface area contributed by atoms with Crippen molar-refractivity contribution in [1.82, 2.24) is 4.98 Å². The van der Waals surface area contributed by atoms with E-state index in [1.54, 1.807) is 24.3 Å².